The van der Waals surface area contributed by atoms with Crippen molar-refractivity contribution in [3.63, 3.8) is 0 Å². The van der Waals surface area contributed by atoms with Crippen LogP contribution in [0.4, 0.5) is 5.69 Å². The third-order valence-corrected chi connectivity index (χ3v) is 3.18. The number of halogens is 1. The van der Waals surface area contributed by atoms with Crippen LogP contribution >= 0.6 is 11.6 Å². The Kier molecular flexibility index (Phi) is 3.57. The molecule has 0 bridgehead atoms. The first-order valence-corrected chi connectivity index (χ1v) is 6.19. The standard InChI is InChI=1S/C13H15ClN2O2/c1-15(2)13(18)9-4-3-5-11(6-9)16-8-10(14)7-12(16)17/h3-6,10H,7-8H2,1-2H3. The van der Waals surface area contributed by atoms with Gasteiger partial charge in [-0.05, 0) is 18.2 Å². The Labute approximate surface area is 111 Å². The van der Waals surface area contributed by atoms with E-state index in [-0.39, 0.29) is 17.2 Å². The molecule has 1 aromatic rings. The van der Waals surface area contributed by atoms with Crippen LogP contribution in [0.1, 0.15) is 16.8 Å². The van der Waals surface area contributed by atoms with Crippen LogP contribution in [-0.2, 0) is 4.79 Å². The van der Waals surface area contributed by atoms with Crippen LogP contribution in [0.25, 0.3) is 0 Å². The molecule has 0 saturated carbocycles. The van der Waals surface area contributed by atoms with Crippen LogP contribution in [0.5, 0.6) is 0 Å². The minimum absolute atomic E-state index is 0.00412. The van der Waals surface area contributed by atoms with Gasteiger partial charge in [0.2, 0.25) is 5.91 Å². The van der Waals surface area contributed by atoms with E-state index in [1.807, 2.05) is 6.07 Å². The van der Waals surface area contributed by atoms with Crippen molar-refractivity contribution in [2.75, 3.05) is 25.5 Å². The minimum Gasteiger partial charge on any atom is -0.345 e. The van der Waals surface area contributed by atoms with E-state index in [1.54, 1.807) is 37.2 Å². The zero-order valence-corrected chi connectivity index (χ0v) is 11.1. The van der Waals surface area contributed by atoms with Gasteiger partial charge in [0.15, 0.2) is 0 Å². The van der Waals surface area contributed by atoms with E-state index in [0.29, 0.717) is 18.5 Å². The van der Waals surface area contributed by atoms with Gasteiger partial charge in [0, 0.05) is 38.3 Å². The fourth-order valence-electron chi connectivity index (χ4n) is 1.98. The van der Waals surface area contributed by atoms with Crippen molar-refractivity contribution in [2.24, 2.45) is 0 Å². The van der Waals surface area contributed by atoms with Crippen molar-refractivity contribution in [1.82, 2.24) is 4.90 Å². The molecule has 2 rings (SSSR count). The van der Waals surface area contributed by atoms with Gasteiger partial charge in [0.05, 0.1) is 5.38 Å². The summed E-state index contributed by atoms with van der Waals surface area (Å²) in [5.74, 6) is -0.0737. The average molecular weight is 267 g/mol. The predicted octanol–water partition coefficient (Wildman–Crippen LogP) is 1.73. The molecule has 0 aromatic heterocycles. The van der Waals surface area contributed by atoms with Crippen molar-refractivity contribution >= 4 is 29.1 Å². The van der Waals surface area contributed by atoms with Gasteiger partial charge in [-0.15, -0.1) is 11.6 Å². The number of alkyl halides is 1. The molecule has 1 fully saturated rings. The Morgan fingerprint density at radius 3 is 2.72 bits per heavy atom. The lowest BCUT2D eigenvalue weighted by Gasteiger charge is -2.17. The second-order valence-corrected chi connectivity index (χ2v) is 5.17. The molecule has 5 heteroatoms. The van der Waals surface area contributed by atoms with Crippen LogP contribution in [0, 0.1) is 0 Å². The number of rotatable bonds is 2. The highest BCUT2D eigenvalue weighted by atomic mass is 35.5. The lowest BCUT2D eigenvalue weighted by Crippen LogP contribution is -2.26. The van der Waals surface area contributed by atoms with Gasteiger partial charge in [0.1, 0.15) is 0 Å². The summed E-state index contributed by atoms with van der Waals surface area (Å²) in [6.07, 6.45) is 0.355. The van der Waals surface area contributed by atoms with E-state index < -0.39 is 0 Å². The van der Waals surface area contributed by atoms with Crippen LogP contribution in [0.3, 0.4) is 0 Å². The van der Waals surface area contributed by atoms with Gasteiger partial charge in [-0.1, -0.05) is 6.07 Å². The Hall–Kier alpha value is -1.55. The van der Waals surface area contributed by atoms with E-state index in [0.717, 1.165) is 5.69 Å². The van der Waals surface area contributed by atoms with E-state index >= 15 is 0 Å². The maximum absolute atomic E-state index is 11.9. The van der Waals surface area contributed by atoms with Crippen molar-refractivity contribution < 1.29 is 9.59 Å². The predicted molar refractivity (Wildman–Crippen MR) is 71.1 cm³/mol. The van der Waals surface area contributed by atoms with Gasteiger partial charge in [-0.2, -0.15) is 0 Å². The number of hydrogen-bond acceptors (Lipinski definition) is 2. The number of carbonyl (C=O) groups is 2. The normalized spacial score (nSPS) is 19.2. The highest BCUT2D eigenvalue weighted by molar-refractivity contribution is 6.24. The molecule has 1 heterocycles. The second-order valence-electron chi connectivity index (χ2n) is 4.56. The SMILES string of the molecule is CN(C)C(=O)c1cccc(N2CC(Cl)CC2=O)c1. The zero-order chi connectivity index (χ0) is 13.3. The lowest BCUT2D eigenvalue weighted by atomic mass is 10.1. The number of hydrogen-bond donors (Lipinski definition) is 0. The van der Waals surface area contributed by atoms with Crippen molar-refractivity contribution in [2.45, 2.75) is 11.8 Å². The molecule has 0 N–H and O–H groups in total. The van der Waals surface area contributed by atoms with Crippen LogP contribution in [0.2, 0.25) is 0 Å². The van der Waals surface area contributed by atoms with Crippen LogP contribution in [-0.4, -0.2) is 42.7 Å². The first kappa shape index (κ1) is 12.9. The smallest absolute Gasteiger partial charge is 0.253 e. The summed E-state index contributed by atoms with van der Waals surface area (Å²) in [5.41, 5.74) is 1.30. The fraction of sp³-hybridized carbons (Fsp3) is 0.385. The molecule has 1 aliphatic rings. The van der Waals surface area contributed by atoms with E-state index in [4.69, 9.17) is 11.6 Å². The van der Waals surface area contributed by atoms with Crippen molar-refractivity contribution in [3.8, 4) is 0 Å². The molecular formula is C13H15ClN2O2. The van der Waals surface area contributed by atoms with Crippen molar-refractivity contribution in [3.05, 3.63) is 29.8 Å². The maximum Gasteiger partial charge on any atom is 0.253 e. The van der Waals surface area contributed by atoms with Gasteiger partial charge in [0.25, 0.3) is 5.91 Å². The molecule has 0 aliphatic carbocycles. The Bertz CT molecular complexity index is 488. The Morgan fingerprint density at radius 2 is 2.17 bits per heavy atom. The molecule has 18 heavy (non-hydrogen) atoms. The summed E-state index contributed by atoms with van der Waals surface area (Å²) in [6, 6.07) is 7.07. The van der Waals surface area contributed by atoms with Gasteiger partial charge < -0.3 is 9.80 Å². The largest absolute Gasteiger partial charge is 0.345 e. The summed E-state index contributed by atoms with van der Waals surface area (Å²) in [4.78, 5) is 26.7. The number of amides is 2. The monoisotopic (exact) mass is 266 g/mol. The first-order chi connectivity index (χ1) is 8.49. The maximum atomic E-state index is 11.9. The summed E-state index contributed by atoms with van der Waals surface area (Å²) in [5, 5.41) is -0.147. The summed E-state index contributed by atoms with van der Waals surface area (Å²) in [7, 11) is 3.40. The third-order valence-electron chi connectivity index (χ3n) is 2.89. The first-order valence-electron chi connectivity index (χ1n) is 5.75. The molecule has 1 aromatic carbocycles. The summed E-state index contributed by atoms with van der Waals surface area (Å²) < 4.78 is 0. The molecule has 96 valence electrons. The van der Waals surface area contributed by atoms with Gasteiger partial charge in [-0.25, -0.2) is 0 Å². The number of benzene rings is 1. The van der Waals surface area contributed by atoms with E-state index in [9.17, 15) is 9.59 Å². The highest BCUT2D eigenvalue weighted by Crippen LogP contribution is 2.25. The van der Waals surface area contributed by atoms with Gasteiger partial charge >= 0.3 is 0 Å². The molecule has 1 unspecified atom stereocenters. The number of carbonyl (C=O) groups excluding carboxylic acids is 2. The molecule has 0 spiro atoms. The van der Waals surface area contributed by atoms with Crippen molar-refractivity contribution in [1.29, 1.82) is 0 Å². The quantitative estimate of drug-likeness (QED) is 0.765. The highest BCUT2D eigenvalue weighted by Gasteiger charge is 2.29. The summed E-state index contributed by atoms with van der Waals surface area (Å²) >= 11 is 5.97. The molecule has 2 amide bonds. The molecular weight excluding hydrogens is 252 g/mol. The average Bonchev–Trinajstić information content (AvgIpc) is 2.67. The minimum atomic E-state index is -0.147. The van der Waals surface area contributed by atoms with Crippen LogP contribution < -0.4 is 4.90 Å². The Morgan fingerprint density at radius 1 is 1.44 bits per heavy atom. The molecule has 1 aliphatic heterocycles. The topological polar surface area (TPSA) is 40.6 Å². The fourth-order valence-corrected chi connectivity index (χ4v) is 2.25. The van der Waals surface area contributed by atoms with E-state index in [1.165, 1.54) is 4.90 Å². The Balaban J connectivity index is 2.28. The molecule has 1 saturated heterocycles. The van der Waals surface area contributed by atoms with E-state index in [2.05, 4.69) is 0 Å². The third kappa shape index (κ3) is 2.48. The molecule has 1 atom stereocenters. The second kappa shape index (κ2) is 4.98. The van der Waals surface area contributed by atoms with Crippen LogP contribution in [0.15, 0.2) is 24.3 Å². The number of nitrogens with zero attached hydrogens (tertiary/aromatic N) is 2. The molecule has 0 radical (unpaired) electrons. The summed E-state index contributed by atoms with van der Waals surface area (Å²) in [6.45, 7) is 0.500. The van der Waals surface area contributed by atoms with Gasteiger partial charge in [-0.3, -0.25) is 9.59 Å². The number of anilines is 1. The molecule has 4 nitrogen and oxygen atoms in total. The lowest BCUT2D eigenvalue weighted by molar-refractivity contribution is -0.117. The zero-order valence-electron chi connectivity index (χ0n) is 10.4.